The van der Waals surface area contributed by atoms with Crippen LogP contribution in [0.25, 0.3) is 0 Å². The number of carbonyl (C=O) groups is 1. The second-order valence-corrected chi connectivity index (χ2v) is 2.60. The highest BCUT2D eigenvalue weighted by molar-refractivity contribution is 5.92. The molecule has 4 nitrogen and oxygen atoms in total. The first-order valence-corrected chi connectivity index (χ1v) is 3.86. The number of aryl methyl sites for hydroxylation is 1. The van der Waals surface area contributed by atoms with Gasteiger partial charge in [0.05, 0.1) is 0 Å². The van der Waals surface area contributed by atoms with Gasteiger partial charge in [0.2, 0.25) is 0 Å². The van der Waals surface area contributed by atoms with Crippen LogP contribution in [0, 0.1) is 0 Å². The highest BCUT2D eigenvalue weighted by atomic mass is 16.2. The van der Waals surface area contributed by atoms with Crippen LogP contribution in [-0.4, -0.2) is 10.5 Å². The molecule has 1 heterocycles. The van der Waals surface area contributed by atoms with E-state index in [9.17, 15) is 4.79 Å². The average molecular weight is 167 g/mol. The molecular weight excluding hydrogens is 154 g/mol. The lowest BCUT2D eigenvalue weighted by molar-refractivity contribution is 0.0945. The average Bonchev–Trinajstić information content (AvgIpc) is 2.45. The zero-order chi connectivity index (χ0) is 9.14. The summed E-state index contributed by atoms with van der Waals surface area (Å²) in [6.07, 6.45) is 0.911. The van der Waals surface area contributed by atoms with E-state index in [1.807, 2.05) is 24.6 Å². The van der Waals surface area contributed by atoms with Crippen molar-refractivity contribution < 1.29 is 4.79 Å². The Balaban J connectivity index is 3.02. The van der Waals surface area contributed by atoms with Gasteiger partial charge < -0.3 is 4.57 Å². The number of aromatic nitrogens is 1. The van der Waals surface area contributed by atoms with Gasteiger partial charge in [-0.25, -0.2) is 5.84 Å². The van der Waals surface area contributed by atoms with Crippen molar-refractivity contribution in [3.05, 3.63) is 23.5 Å². The van der Waals surface area contributed by atoms with E-state index in [2.05, 4.69) is 5.43 Å². The third-order valence-electron chi connectivity index (χ3n) is 1.95. The molecule has 1 aromatic rings. The number of nitrogen functional groups attached to an aromatic ring is 1. The number of nitrogens with one attached hydrogen (secondary N) is 1. The van der Waals surface area contributed by atoms with Gasteiger partial charge in [0.1, 0.15) is 5.69 Å². The van der Waals surface area contributed by atoms with Gasteiger partial charge in [0.25, 0.3) is 5.91 Å². The van der Waals surface area contributed by atoms with Crippen LogP contribution in [0.15, 0.2) is 12.1 Å². The molecule has 0 aliphatic rings. The van der Waals surface area contributed by atoms with Gasteiger partial charge in [-0.05, 0) is 18.6 Å². The molecule has 0 spiro atoms. The first-order chi connectivity index (χ1) is 5.70. The van der Waals surface area contributed by atoms with Crippen LogP contribution < -0.4 is 11.3 Å². The van der Waals surface area contributed by atoms with E-state index in [1.165, 1.54) is 0 Å². The van der Waals surface area contributed by atoms with E-state index in [4.69, 9.17) is 5.84 Å². The molecule has 0 atom stereocenters. The monoisotopic (exact) mass is 167 g/mol. The maximum Gasteiger partial charge on any atom is 0.281 e. The third kappa shape index (κ3) is 1.33. The van der Waals surface area contributed by atoms with Gasteiger partial charge in [-0.2, -0.15) is 0 Å². The summed E-state index contributed by atoms with van der Waals surface area (Å²) in [7, 11) is 1.85. The van der Waals surface area contributed by atoms with E-state index < -0.39 is 0 Å². The molecule has 0 bridgehead atoms. The third-order valence-corrected chi connectivity index (χ3v) is 1.95. The smallest absolute Gasteiger partial charge is 0.281 e. The molecule has 4 heteroatoms. The van der Waals surface area contributed by atoms with Crippen molar-refractivity contribution in [2.45, 2.75) is 13.3 Å². The molecule has 0 aromatic carbocycles. The van der Waals surface area contributed by atoms with Crippen molar-refractivity contribution in [1.29, 1.82) is 0 Å². The summed E-state index contributed by atoms with van der Waals surface area (Å²) < 4.78 is 1.84. The molecule has 1 amide bonds. The second-order valence-electron chi connectivity index (χ2n) is 2.60. The molecule has 0 unspecified atom stereocenters. The van der Waals surface area contributed by atoms with Crippen LogP contribution in [0.4, 0.5) is 0 Å². The standard InChI is InChI=1S/C8H13N3O/c1-3-6-4-5-7(11(6)2)8(12)10-9/h4-5H,3,9H2,1-2H3,(H,10,12). The number of carbonyl (C=O) groups excluding carboxylic acids is 1. The van der Waals surface area contributed by atoms with E-state index >= 15 is 0 Å². The maximum atomic E-state index is 11.1. The molecule has 1 aromatic heterocycles. The van der Waals surface area contributed by atoms with Crippen molar-refractivity contribution >= 4 is 5.91 Å². The summed E-state index contributed by atoms with van der Waals surface area (Å²) in [5, 5.41) is 0. The molecule has 66 valence electrons. The molecule has 3 N–H and O–H groups in total. The van der Waals surface area contributed by atoms with Gasteiger partial charge in [-0.15, -0.1) is 0 Å². The fourth-order valence-corrected chi connectivity index (χ4v) is 1.21. The molecular formula is C8H13N3O. The Hall–Kier alpha value is -1.29. The summed E-state index contributed by atoms with van der Waals surface area (Å²) >= 11 is 0. The Morgan fingerprint density at radius 1 is 1.67 bits per heavy atom. The minimum Gasteiger partial charge on any atom is -0.344 e. The molecule has 0 fully saturated rings. The lowest BCUT2D eigenvalue weighted by Crippen LogP contribution is -2.31. The highest BCUT2D eigenvalue weighted by Crippen LogP contribution is 2.06. The zero-order valence-corrected chi connectivity index (χ0v) is 7.29. The van der Waals surface area contributed by atoms with Crippen LogP contribution in [-0.2, 0) is 13.5 Å². The Morgan fingerprint density at radius 3 is 2.75 bits per heavy atom. The first-order valence-electron chi connectivity index (χ1n) is 3.86. The van der Waals surface area contributed by atoms with E-state index in [1.54, 1.807) is 6.07 Å². The van der Waals surface area contributed by atoms with E-state index in [-0.39, 0.29) is 5.91 Å². The Morgan fingerprint density at radius 2 is 2.33 bits per heavy atom. The Bertz CT molecular complexity index is 290. The number of rotatable bonds is 2. The van der Waals surface area contributed by atoms with Crippen molar-refractivity contribution in [3.63, 3.8) is 0 Å². The lowest BCUT2D eigenvalue weighted by atomic mass is 10.3. The largest absolute Gasteiger partial charge is 0.344 e. The number of nitrogens with zero attached hydrogens (tertiary/aromatic N) is 1. The summed E-state index contributed by atoms with van der Waals surface area (Å²) in [4.78, 5) is 11.1. The second kappa shape index (κ2) is 3.40. The van der Waals surface area contributed by atoms with Crippen LogP contribution >= 0.6 is 0 Å². The minimum atomic E-state index is -0.253. The SMILES string of the molecule is CCc1ccc(C(=O)NN)n1C. The van der Waals surface area contributed by atoms with Crippen molar-refractivity contribution in [3.8, 4) is 0 Å². The molecule has 0 aliphatic carbocycles. The van der Waals surface area contributed by atoms with Crippen LogP contribution in [0.3, 0.4) is 0 Å². The van der Waals surface area contributed by atoms with Crippen LogP contribution in [0.1, 0.15) is 23.1 Å². The van der Waals surface area contributed by atoms with Crippen LogP contribution in [0.5, 0.6) is 0 Å². The number of hydrogen-bond donors (Lipinski definition) is 2. The number of amides is 1. The van der Waals surface area contributed by atoms with Crippen molar-refractivity contribution in [2.75, 3.05) is 0 Å². The number of hydrazine groups is 1. The first kappa shape index (κ1) is 8.80. The predicted octanol–water partition coefficient (Wildman–Crippen LogP) is 0.191. The van der Waals surface area contributed by atoms with Crippen molar-refractivity contribution in [2.24, 2.45) is 12.9 Å². The van der Waals surface area contributed by atoms with Gasteiger partial charge >= 0.3 is 0 Å². The molecule has 1 rings (SSSR count). The van der Waals surface area contributed by atoms with Gasteiger partial charge in [-0.1, -0.05) is 6.92 Å². The molecule has 0 radical (unpaired) electrons. The Kier molecular flexibility index (Phi) is 2.50. The predicted molar refractivity (Wildman–Crippen MR) is 46.4 cm³/mol. The molecule has 0 saturated heterocycles. The summed E-state index contributed by atoms with van der Waals surface area (Å²) in [6, 6.07) is 3.69. The molecule has 0 aliphatic heterocycles. The summed E-state index contributed by atoms with van der Waals surface area (Å²) in [5.41, 5.74) is 3.81. The fourth-order valence-electron chi connectivity index (χ4n) is 1.21. The van der Waals surface area contributed by atoms with E-state index in [0.717, 1.165) is 12.1 Å². The summed E-state index contributed by atoms with van der Waals surface area (Å²) in [6.45, 7) is 2.04. The molecule has 12 heavy (non-hydrogen) atoms. The number of nitrogens with two attached hydrogens (primary N) is 1. The highest BCUT2D eigenvalue weighted by Gasteiger charge is 2.09. The maximum absolute atomic E-state index is 11.1. The van der Waals surface area contributed by atoms with E-state index in [0.29, 0.717) is 5.69 Å². The quantitative estimate of drug-likeness (QED) is 0.375. The van der Waals surface area contributed by atoms with Gasteiger partial charge in [0.15, 0.2) is 0 Å². The normalized spacial score (nSPS) is 9.92. The topological polar surface area (TPSA) is 60.1 Å². The van der Waals surface area contributed by atoms with Gasteiger partial charge in [0, 0.05) is 12.7 Å². The van der Waals surface area contributed by atoms with Crippen molar-refractivity contribution in [1.82, 2.24) is 9.99 Å². The number of hydrogen-bond acceptors (Lipinski definition) is 2. The fraction of sp³-hybridized carbons (Fsp3) is 0.375. The summed E-state index contributed by atoms with van der Waals surface area (Å²) in [5.74, 6) is 4.76. The Labute approximate surface area is 71.3 Å². The lowest BCUT2D eigenvalue weighted by Gasteiger charge is -2.03. The van der Waals surface area contributed by atoms with Gasteiger partial charge in [-0.3, -0.25) is 10.2 Å². The minimum absolute atomic E-state index is 0.253. The zero-order valence-electron chi connectivity index (χ0n) is 7.29. The van der Waals surface area contributed by atoms with Crippen LogP contribution in [0.2, 0.25) is 0 Å². The molecule has 0 saturated carbocycles.